The Kier molecular flexibility index (Phi) is 15.2. The first-order valence-corrected chi connectivity index (χ1v) is 12.2. The largest absolute Gasteiger partial charge is 0.352 e. The highest BCUT2D eigenvalue weighted by Crippen LogP contribution is 2.12. The summed E-state index contributed by atoms with van der Waals surface area (Å²) in [5.74, 6) is -0.243. The predicted octanol–water partition coefficient (Wildman–Crippen LogP) is 5.70. The molecule has 0 unspecified atom stereocenters. The van der Waals surface area contributed by atoms with Crippen LogP contribution in [0, 0.1) is 10.1 Å². The molecule has 35 heavy (non-hydrogen) atoms. The number of anilines is 1. The molecule has 0 spiro atoms. The van der Waals surface area contributed by atoms with Gasteiger partial charge in [-0.2, -0.15) is 0 Å². The molecule has 0 saturated heterocycles. The van der Waals surface area contributed by atoms with E-state index in [1.807, 2.05) is 5.48 Å². The Morgan fingerprint density at radius 2 is 1.17 bits per heavy atom. The van der Waals surface area contributed by atoms with E-state index in [9.17, 15) is 19.7 Å². The van der Waals surface area contributed by atoms with Crippen LogP contribution < -0.4 is 16.1 Å². The van der Waals surface area contributed by atoms with E-state index in [0.29, 0.717) is 23.4 Å². The Hall–Kier alpha value is -3.46. The molecule has 9 nitrogen and oxygen atoms in total. The van der Waals surface area contributed by atoms with Crippen molar-refractivity contribution >= 4 is 23.2 Å². The second-order valence-electron chi connectivity index (χ2n) is 8.13. The number of unbranched alkanes of at least 4 members (excludes halogenated alkanes) is 6. The summed E-state index contributed by atoms with van der Waals surface area (Å²) in [6.07, 6.45) is 9.00. The molecule has 0 aliphatic rings. The number of carbonyl (C=O) groups is 2. The molecule has 0 aliphatic carbocycles. The number of nitro groups is 1. The van der Waals surface area contributed by atoms with Crippen molar-refractivity contribution < 1.29 is 19.7 Å². The van der Waals surface area contributed by atoms with Crippen molar-refractivity contribution in [1.29, 1.82) is 0 Å². The highest BCUT2D eigenvalue weighted by atomic mass is 16.6. The quantitative estimate of drug-likeness (QED) is 0.154. The third-order valence-electron chi connectivity index (χ3n) is 5.25. The van der Waals surface area contributed by atoms with Crippen LogP contribution in [0.4, 0.5) is 11.4 Å². The van der Waals surface area contributed by atoms with Gasteiger partial charge in [0.15, 0.2) is 0 Å². The molecular formula is C26H38N4O5. The number of benzene rings is 2. The summed E-state index contributed by atoms with van der Waals surface area (Å²) in [5, 5.41) is 24.8. The van der Waals surface area contributed by atoms with Crippen LogP contribution in [0.25, 0.3) is 0 Å². The first kappa shape index (κ1) is 29.6. The van der Waals surface area contributed by atoms with Gasteiger partial charge in [0.25, 0.3) is 17.5 Å². The molecule has 0 aromatic heterocycles. The summed E-state index contributed by atoms with van der Waals surface area (Å²) in [7, 11) is 0. The van der Waals surface area contributed by atoms with Gasteiger partial charge in [-0.05, 0) is 49.2 Å². The smallest absolute Gasteiger partial charge is 0.269 e. The lowest BCUT2D eigenvalue weighted by atomic mass is 10.2. The SMILES string of the molecule is CCCCCCNC(=O)c1ccc(NO)cc1.CCCCCCNC(=O)c1ccc([N+](=O)[O-])cc1. The number of hydrogen-bond acceptors (Lipinski definition) is 6. The van der Waals surface area contributed by atoms with E-state index in [1.165, 1.54) is 43.5 Å². The molecule has 192 valence electrons. The molecule has 0 aliphatic heterocycles. The van der Waals surface area contributed by atoms with E-state index in [-0.39, 0.29) is 17.5 Å². The van der Waals surface area contributed by atoms with E-state index >= 15 is 0 Å². The zero-order valence-corrected chi connectivity index (χ0v) is 20.7. The van der Waals surface area contributed by atoms with Crippen LogP contribution in [0.15, 0.2) is 48.5 Å². The molecule has 0 fully saturated rings. The van der Waals surface area contributed by atoms with E-state index < -0.39 is 4.92 Å². The zero-order chi connectivity index (χ0) is 25.9. The van der Waals surface area contributed by atoms with Gasteiger partial charge in [0.2, 0.25) is 0 Å². The van der Waals surface area contributed by atoms with E-state index in [0.717, 1.165) is 38.6 Å². The molecule has 2 aromatic carbocycles. The first-order chi connectivity index (χ1) is 16.9. The first-order valence-electron chi connectivity index (χ1n) is 12.2. The number of nitro benzene ring substituents is 1. The molecular weight excluding hydrogens is 448 g/mol. The van der Waals surface area contributed by atoms with Gasteiger partial charge in [0.1, 0.15) is 0 Å². The van der Waals surface area contributed by atoms with Crippen molar-refractivity contribution in [2.24, 2.45) is 0 Å². The molecule has 0 bridgehead atoms. The molecule has 0 radical (unpaired) electrons. The average Bonchev–Trinajstić information content (AvgIpc) is 2.88. The van der Waals surface area contributed by atoms with Gasteiger partial charge in [0.05, 0.1) is 10.6 Å². The summed E-state index contributed by atoms with van der Waals surface area (Å²) in [6, 6.07) is 12.3. The fourth-order valence-corrected chi connectivity index (χ4v) is 3.14. The lowest BCUT2D eigenvalue weighted by Crippen LogP contribution is -2.24. The minimum atomic E-state index is -0.480. The molecule has 2 rings (SSSR count). The van der Waals surface area contributed by atoms with Gasteiger partial charge in [-0.1, -0.05) is 52.4 Å². The van der Waals surface area contributed by atoms with Crippen molar-refractivity contribution in [3.63, 3.8) is 0 Å². The van der Waals surface area contributed by atoms with Gasteiger partial charge in [-0.15, -0.1) is 0 Å². The molecule has 0 heterocycles. The second kappa shape index (κ2) is 17.9. The fourth-order valence-electron chi connectivity index (χ4n) is 3.14. The van der Waals surface area contributed by atoms with Crippen LogP contribution >= 0.6 is 0 Å². The van der Waals surface area contributed by atoms with Crippen molar-refractivity contribution in [2.45, 2.75) is 65.2 Å². The topological polar surface area (TPSA) is 134 Å². The summed E-state index contributed by atoms with van der Waals surface area (Å²) in [4.78, 5) is 33.3. The Labute approximate surface area is 207 Å². The lowest BCUT2D eigenvalue weighted by Gasteiger charge is -2.05. The maximum Gasteiger partial charge on any atom is 0.269 e. The van der Waals surface area contributed by atoms with E-state index in [4.69, 9.17) is 5.21 Å². The number of hydrogen-bond donors (Lipinski definition) is 4. The van der Waals surface area contributed by atoms with Crippen molar-refractivity contribution in [3.05, 3.63) is 69.8 Å². The van der Waals surface area contributed by atoms with Crippen molar-refractivity contribution in [2.75, 3.05) is 18.6 Å². The van der Waals surface area contributed by atoms with Crippen LogP contribution in [0.5, 0.6) is 0 Å². The standard InChI is InChI=1S/C13H18N2O3.C13H20N2O2/c1-2-3-4-5-10-14-13(16)11-6-8-12(9-7-11)15(17)18;1-2-3-4-5-10-14-13(16)11-6-8-12(15-17)9-7-11/h6-9H,2-5,10H2,1H3,(H,14,16);6-9,15,17H,2-5,10H2,1H3,(H,14,16). The number of amides is 2. The Morgan fingerprint density at radius 1 is 0.743 bits per heavy atom. The van der Waals surface area contributed by atoms with Gasteiger partial charge in [0, 0.05) is 36.3 Å². The van der Waals surface area contributed by atoms with Gasteiger partial charge in [-0.3, -0.25) is 30.4 Å². The number of non-ortho nitro benzene ring substituents is 1. The third kappa shape index (κ3) is 12.5. The van der Waals surface area contributed by atoms with Gasteiger partial charge < -0.3 is 10.6 Å². The van der Waals surface area contributed by atoms with Gasteiger partial charge in [-0.25, -0.2) is 0 Å². The molecule has 0 saturated carbocycles. The second-order valence-corrected chi connectivity index (χ2v) is 8.13. The molecule has 2 aromatic rings. The molecule has 9 heteroatoms. The maximum absolute atomic E-state index is 11.7. The molecule has 2 amide bonds. The Bertz CT molecular complexity index is 886. The number of nitrogens with one attached hydrogen (secondary N) is 3. The van der Waals surface area contributed by atoms with Gasteiger partial charge >= 0.3 is 0 Å². The molecule has 0 atom stereocenters. The van der Waals surface area contributed by atoms with E-state index in [1.54, 1.807) is 24.3 Å². The Balaban J connectivity index is 0.000000351. The van der Waals surface area contributed by atoms with Crippen LogP contribution in [0.3, 0.4) is 0 Å². The van der Waals surface area contributed by atoms with E-state index in [2.05, 4.69) is 24.5 Å². The zero-order valence-electron chi connectivity index (χ0n) is 20.7. The summed E-state index contributed by atoms with van der Waals surface area (Å²) < 4.78 is 0. The van der Waals surface area contributed by atoms with Crippen LogP contribution in [-0.2, 0) is 0 Å². The molecule has 4 N–H and O–H groups in total. The minimum absolute atomic E-state index is 0.00510. The van der Waals surface area contributed by atoms with Crippen LogP contribution in [-0.4, -0.2) is 35.0 Å². The number of nitrogens with zero attached hydrogens (tertiary/aromatic N) is 1. The number of rotatable bonds is 14. The lowest BCUT2D eigenvalue weighted by molar-refractivity contribution is -0.384. The van der Waals surface area contributed by atoms with Crippen LogP contribution in [0.1, 0.15) is 85.9 Å². The van der Waals surface area contributed by atoms with Crippen LogP contribution in [0.2, 0.25) is 0 Å². The summed E-state index contributed by atoms with van der Waals surface area (Å²) in [6.45, 7) is 5.67. The average molecular weight is 487 g/mol. The summed E-state index contributed by atoms with van der Waals surface area (Å²) >= 11 is 0. The Morgan fingerprint density at radius 3 is 1.54 bits per heavy atom. The monoisotopic (exact) mass is 486 g/mol. The highest BCUT2D eigenvalue weighted by Gasteiger charge is 2.08. The number of carbonyl (C=O) groups excluding carboxylic acids is 2. The normalized spacial score (nSPS) is 10.0. The fraction of sp³-hybridized carbons (Fsp3) is 0.462. The predicted molar refractivity (Wildman–Crippen MR) is 138 cm³/mol. The maximum atomic E-state index is 11.7. The third-order valence-corrected chi connectivity index (χ3v) is 5.25. The van der Waals surface area contributed by atoms with Crippen molar-refractivity contribution in [1.82, 2.24) is 10.6 Å². The highest BCUT2D eigenvalue weighted by molar-refractivity contribution is 5.94. The van der Waals surface area contributed by atoms with Crippen molar-refractivity contribution in [3.8, 4) is 0 Å². The minimum Gasteiger partial charge on any atom is -0.352 e. The summed E-state index contributed by atoms with van der Waals surface area (Å²) in [5.41, 5.74) is 3.66.